The first kappa shape index (κ1) is 29.5. The number of aliphatic hydroxyl groups is 1. The number of allylic oxidation sites excluding steroid dienone is 2. The van der Waals surface area contributed by atoms with E-state index in [4.69, 9.17) is 0 Å². The van der Waals surface area contributed by atoms with Gasteiger partial charge in [0.15, 0.2) is 0 Å². The van der Waals surface area contributed by atoms with Gasteiger partial charge in [-0.3, -0.25) is 9.59 Å². The van der Waals surface area contributed by atoms with Crippen molar-refractivity contribution >= 4 is 27.8 Å². The average molecular weight is 560 g/mol. The van der Waals surface area contributed by atoms with E-state index in [9.17, 15) is 37.4 Å². The number of halogens is 1. The summed E-state index contributed by atoms with van der Waals surface area (Å²) in [6, 6.07) is 10.9. The molecular weight excluding hydrogens is 529 g/mol. The van der Waals surface area contributed by atoms with Crippen molar-refractivity contribution in [1.29, 1.82) is 0 Å². The van der Waals surface area contributed by atoms with Gasteiger partial charge < -0.3 is 20.4 Å². The maximum Gasteiger partial charge on any atom is 0.352 e. The molecule has 0 saturated heterocycles. The van der Waals surface area contributed by atoms with Crippen molar-refractivity contribution in [2.75, 3.05) is 26.2 Å². The fourth-order valence-corrected chi connectivity index (χ4v) is 4.78. The highest BCUT2D eigenvalue weighted by molar-refractivity contribution is 7.90. The van der Waals surface area contributed by atoms with Gasteiger partial charge in [-0.25, -0.2) is 22.3 Å². The minimum Gasteiger partial charge on any atom is -0.477 e. The summed E-state index contributed by atoms with van der Waals surface area (Å²) in [5.74, 6) is -2.91. The monoisotopic (exact) mass is 559 g/mol. The van der Waals surface area contributed by atoms with E-state index in [1.807, 2.05) is 4.72 Å². The van der Waals surface area contributed by atoms with Crippen LogP contribution in [0.5, 0.6) is 0 Å². The number of rotatable bonds is 11. The van der Waals surface area contributed by atoms with Crippen molar-refractivity contribution in [1.82, 2.24) is 14.9 Å². The molecule has 208 valence electrons. The molecule has 0 unspecified atom stereocenters. The van der Waals surface area contributed by atoms with Crippen molar-refractivity contribution in [3.05, 3.63) is 88.9 Å². The lowest BCUT2D eigenvalue weighted by Gasteiger charge is -2.35. The van der Waals surface area contributed by atoms with E-state index in [1.54, 1.807) is 26.0 Å². The topological polar surface area (TPSA) is 153 Å². The van der Waals surface area contributed by atoms with Gasteiger partial charge in [0, 0.05) is 42.8 Å². The lowest BCUT2D eigenvalue weighted by molar-refractivity contribution is -0.134. The zero-order valence-corrected chi connectivity index (χ0v) is 22.3. The van der Waals surface area contributed by atoms with Crippen LogP contribution in [0.25, 0.3) is 0 Å². The van der Waals surface area contributed by atoms with Gasteiger partial charge in [0.1, 0.15) is 11.5 Å². The minimum atomic E-state index is -4.22. The van der Waals surface area contributed by atoms with Gasteiger partial charge in [0.2, 0.25) is 0 Å². The number of benzene rings is 2. The van der Waals surface area contributed by atoms with E-state index in [-0.39, 0.29) is 48.3 Å². The molecule has 12 heteroatoms. The Bertz CT molecular complexity index is 1400. The molecule has 10 nitrogen and oxygen atoms in total. The van der Waals surface area contributed by atoms with Crippen molar-refractivity contribution in [3.8, 4) is 0 Å². The summed E-state index contributed by atoms with van der Waals surface area (Å²) in [6.07, 6.45) is 2.90. The highest BCUT2D eigenvalue weighted by Gasteiger charge is 2.30. The van der Waals surface area contributed by atoms with Crippen LogP contribution in [0, 0.1) is 11.2 Å². The molecule has 0 spiro atoms. The number of carbonyl (C=O) groups is 3. The van der Waals surface area contributed by atoms with Crippen molar-refractivity contribution < 1.29 is 37.4 Å². The third-order valence-electron chi connectivity index (χ3n) is 5.97. The van der Waals surface area contributed by atoms with Crippen LogP contribution < -0.4 is 10.0 Å². The van der Waals surface area contributed by atoms with Gasteiger partial charge in [-0.1, -0.05) is 26.0 Å². The summed E-state index contributed by atoms with van der Waals surface area (Å²) < 4.78 is 40.6. The zero-order valence-electron chi connectivity index (χ0n) is 21.5. The Morgan fingerprint density at radius 2 is 1.64 bits per heavy atom. The molecule has 0 radical (unpaired) electrons. The third kappa shape index (κ3) is 7.98. The molecule has 0 fully saturated rings. The maximum atomic E-state index is 13.0. The fourth-order valence-electron chi connectivity index (χ4n) is 3.80. The number of carboxylic acids is 1. The number of hydrogen-bond acceptors (Lipinski definition) is 7. The van der Waals surface area contributed by atoms with E-state index >= 15 is 0 Å². The molecular formula is C27H30FN3O7S. The van der Waals surface area contributed by atoms with Gasteiger partial charge >= 0.3 is 5.97 Å². The Kier molecular flexibility index (Phi) is 9.25. The molecule has 2 aromatic carbocycles. The quantitative estimate of drug-likeness (QED) is 0.325. The lowest BCUT2D eigenvalue weighted by atomic mass is 9.93. The highest BCUT2D eigenvalue weighted by Crippen LogP contribution is 2.23. The molecule has 1 aliphatic heterocycles. The molecule has 0 aromatic heterocycles. The van der Waals surface area contributed by atoms with Gasteiger partial charge in [-0.15, -0.1) is 0 Å². The summed E-state index contributed by atoms with van der Waals surface area (Å²) >= 11 is 0. The van der Waals surface area contributed by atoms with Crippen LogP contribution in [0.15, 0.2) is 76.8 Å². The van der Waals surface area contributed by atoms with Gasteiger partial charge in [-0.05, 0) is 60.5 Å². The smallest absolute Gasteiger partial charge is 0.352 e. The number of carboxylic acid groups (broad SMARTS) is 1. The number of nitrogens with zero attached hydrogens (tertiary/aromatic N) is 1. The van der Waals surface area contributed by atoms with Gasteiger partial charge in [0.25, 0.3) is 21.8 Å². The predicted octanol–water partition coefficient (Wildman–Crippen LogP) is 1.83. The van der Waals surface area contributed by atoms with E-state index in [0.717, 1.165) is 5.56 Å². The van der Waals surface area contributed by atoms with Crippen molar-refractivity contribution in [2.45, 2.75) is 25.2 Å². The normalized spacial score (nSPS) is 13.8. The van der Waals surface area contributed by atoms with Gasteiger partial charge in [-0.2, -0.15) is 0 Å². The summed E-state index contributed by atoms with van der Waals surface area (Å²) in [4.78, 5) is 37.8. The van der Waals surface area contributed by atoms with Crippen molar-refractivity contribution in [2.24, 2.45) is 5.41 Å². The molecule has 1 heterocycles. The Hall–Kier alpha value is -4.03. The lowest BCUT2D eigenvalue weighted by Crippen LogP contribution is -2.43. The molecule has 0 aliphatic carbocycles. The Balaban J connectivity index is 1.61. The zero-order chi connectivity index (χ0) is 28.8. The van der Waals surface area contributed by atoms with Crippen LogP contribution in [-0.2, 0) is 26.0 Å². The van der Waals surface area contributed by atoms with Crippen LogP contribution in [0.4, 0.5) is 4.39 Å². The van der Waals surface area contributed by atoms with E-state index in [1.165, 1.54) is 53.5 Å². The molecule has 0 atom stereocenters. The first-order valence-electron chi connectivity index (χ1n) is 12.0. The highest BCUT2D eigenvalue weighted by atomic mass is 32.2. The molecule has 1 aliphatic rings. The number of sulfonamides is 1. The van der Waals surface area contributed by atoms with Crippen LogP contribution >= 0.6 is 0 Å². The number of hydrogen-bond donors (Lipinski definition) is 4. The maximum absolute atomic E-state index is 13.0. The number of nitrogens with one attached hydrogen (secondary N) is 2. The van der Waals surface area contributed by atoms with Crippen molar-refractivity contribution in [3.63, 3.8) is 0 Å². The summed E-state index contributed by atoms with van der Waals surface area (Å²) in [7, 11) is -4.22. The fraction of sp³-hybridized carbons (Fsp3) is 0.296. The first-order valence-corrected chi connectivity index (χ1v) is 13.5. The summed E-state index contributed by atoms with van der Waals surface area (Å²) in [6.45, 7) is 3.50. The van der Waals surface area contributed by atoms with Crippen LogP contribution in [0.2, 0.25) is 0 Å². The molecule has 2 aromatic rings. The largest absolute Gasteiger partial charge is 0.477 e. The average Bonchev–Trinajstić information content (AvgIpc) is 2.88. The van der Waals surface area contributed by atoms with E-state index in [0.29, 0.717) is 12.0 Å². The van der Waals surface area contributed by atoms with Crippen LogP contribution in [-0.4, -0.2) is 67.6 Å². The Labute approximate surface area is 225 Å². The Morgan fingerprint density at radius 3 is 2.23 bits per heavy atom. The van der Waals surface area contributed by atoms with E-state index < -0.39 is 33.1 Å². The molecule has 3 rings (SSSR count). The van der Waals surface area contributed by atoms with E-state index in [2.05, 4.69) is 5.32 Å². The number of aliphatic carboxylic acids is 1. The molecule has 4 N–H and O–H groups in total. The number of amides is 2. The molecule has 0 bridgehead atoms. The molecule has 0 saturated carbocycles. The minimum absolute atomic E-state index is 0.0471. The molecule has 39 heavy (non-hydrogen) atoms. The number of carbonyl (C=O) groups excluding carboxylic acids is 2. The first-order chi connectivity index (χ1) is 18.3. The van der Waals surface area contributed by atoms with Gasteiger partial charge in [0.05, 0.1) is 4.90 Å². The SMILES string of the molecule is CC(C)(CO)CN1CC(C(=O)NS(=O)(=O)c2ccc(CCNC(=O)c3ccc(F)cc3)cc2)=CC=C1C(=O)O. The second-order valence-corrected chi connectivity index (χ2v) is 11.5. The van der Waals surface area contributed by atoms with Crippen LogP contribution in [0.3, 0.4) is 0 Å². The summed E-state index contributed by atoms with van der Waals surface area (Å²) in [5, 5.41) is 21.7. The second kappa shape index (κ2) is 12.2. The second-order valence-electron chi connectivity index (χ2n) is 9.82. The summed E-state index contributed by atoms with van der Waals surface area (Å²) in [5.41, 5.74) is 0.372. The third-order valence-corrected chi connectivity index (χ3v) is 7.32. The molecule has 2 amide bonds. The van der Waals surface area contributed by atoms with Crippen LogP contribution in [0.1, 0.15) is 29.8 Å². The standard InChI is InChI=1S/C27H30FN3O7S/c1-27(2,17-32)16-31-15-20(7-12-23(31)26(35)36)25(34)30-39(37,38)22-10-3-18(4-11-22)13-14-29-24(33)19-5-8-21(28)9-6-19/h3-12,32H,13-17H2,1-2H3,(H,29,33)(H,30,34)(H,35,36). The predicted molar refractivity (Wildman–Crippen MR) is 140 cm³/mol. The number of aliphatic hydroxyl groups excluding tert-OH is 1. The Morgan fingerprint density at radius 1 is 1.00 bits per heavy atom.